The molecule has 0 aliphatic carbocycles. The van der Waals surface area contributed by atoms with Crippen LogP contribution in [0.5, 0.6) is 0 Å². The van der Waals surface area contributed by atoms with Crippen LogP contribution in [0.3, 0.4) is 0 Å². The molecule has 1 saturated heterocycles. The second-order valence-corrected chi connectivity index (χ2v) is 6.86. The van der Waals surface area contributed by atoms with Crippen molar-refractivity contribution in [2.45, 2.75) is 44.1 Å². The largest absolute Gasteiger partial charge is 0.386 e. The quantitative estimate of drug-likeness (QED) is 0.790. The lowest BCUT2D eigenvalue weighted by atomic mass is 9.94. The highest BCUT2D eigenvalue weighted by molar-refractivity contribution is 5.25. The van der Waals surface area contributed by atoms with Crippen molar-refractivity contribution in [2.75, 3.05) is 0 Å². The molecule has 0 aromatic heterocycles. The Kier molecular flexibility index (Phi) is 5.27. The van der Waals surface area contributed by atoms with Crippen molar-refractivity contribution in [3.05, 3.63) is 70.8 Å². The van der Waals surface area contributed by atoms with Crippen LogP contribution in [0.4, 0.5) is 17.6 Å². The summed E-state index contributed by atoms with van der Waals surface area (Å²) in [5.41, 5.74) is -0.247. The first kappa shape index (κ1) is 19.8. The van der Waals surface area contributed by atoms with Gasteiger partial charge in [-0.3, -0.25) is 0 Å². The normalized spacial score (nSPS) is 24.0. The maximum atomic E-state index is 13.5. The van der Waals surface area contributed by atoms with Crippen molar-refractivity contribution < 1.29 is 37.2 Å². The van der Waals surface area contributed by atoms with Gasteiger partial charge in [0.05, 0.1) is 0 Å². The van der Waals surface area contributed by atoms with Crippen LogP contribution >= 0.6 is 0 Å². The molecule has 2 unspecified atom stereocenters. The van der Waals surface area contributed by atoms with Gasteiger partial charge < -0.3 is 19.7 Å². The molecule has 1 heterocycles. The highest BCUT2D eigenvalue weighted by Gasteiger charge is 2.48. The van der Waals surface area contributed by atoms with E-state index in [1.54, 1.807) is 0 Å². The molecular weight excluding hydrogens is 368 g/mol. The number of rotatable bonds is 4. The van der Waals surface area contributed by atoms with Crippen LogP contribution in [-0.4, -0.2) is 28.2 Å². The summed E-state index contributed by atoms with van der Waals surface area (Å²) in [6, 6.07) is 4.99. The predicted octanol–water partition coefficient (Wildman–Crippen LogP) is 3.53. The average Bonchev–Trinajstić information content (AvgIpc) is 2.87. The molecule has 1 aliphatic heterocycles. The fourth-order valence-electron chi connectivity index (χ4n) is 3.18. The number of aliphatic hydroxyl groups is 2. The molecule has 2 aromatic carbocycles. The zero-order chi connectivity index (χ0) is 19.9. The van der Waals surface area contributed by atoms with Gasteiger partial charge in [0, 0.05) is 12.1 Å². The van der Waals surface area contributed by atoms with E-state index in [9.17, 15) is 27.8 Å². The molecule has 0 radical (unpaired) electrons. The van der Waals surface area contributed by atoms with Gasteiger partial charge in [-0.2, -0.15) is 0 Å². The van der Waals surface area contributed by atoms with Crippen LogP contribution < -0.4 is 0 Å². The van der Waals surface area contributed by atoms with Crippen LogP contribution in [0.2, 0.25) is 0 Å². The van der Waals surface area contributed by atoms with E-state index < -0.39 is 53.5 Å². The van der Waals surface area contributed by atoms with Crippen LogP contribution in [-0.2, 0) is 9.47 Å². The summed E-state index contributed by atoms with van der Waals surface area (Å²) in [6.45, 7) is 3.02. The topological polar surface area (TPSA) is 58.9 Å². The predicted molar refractivity (Wildman–Crippen MR) is 86.5 cm³/mol. The molecule has 2 N–H and O–H groups in total. The summed E-state index contributed by atoms with van der Waals surface area (Å²) in [7, 11) is 0. The Bertz CT molecular complexity index is 734. The fraction of sp³-hybridized carbons (Fsp3) is 0.368. The Hall–Kier alpha value is -2.00. The van der Waals surface area contributed by atoms with Crippen molar-refractivity contribution in [1.82, 2.24) is 0 Å². The van der Waals surface area contributed by atoms with Gasteiger partial charge in [0.25, 0.3) is 0 Å². The van der Waals surface area contributed by atoms with Crippen LogP contribution in [0, 0.1) is 23.3 Å². The standard InChI is InChI=1S/C19H18F4O4/c1-19(2)26-17(15(24)9-3-11(20)7-12(21)4-9)18(27-19)16(25)10-5-13(22)8-14(23)6-10/h3-8,15-18,24-25H,1-2H3/t15?,16?,17-,18-/m1/s1. The van der Waals surface area contributed by atoms with Gasteiger partial charge >= 0.3 is 0 Å². The molecule has 146 valence electrons. The minimum atomic E-state index is -1.56. The van der Waals surface area contributed by atoms with Crippen molar-refractivity contribution in [1.29, 1.82) is 0 Å². The van der Waals surface area contributed by atoms with Crippen molar-refractivity contribution in [2.24, 2.45) is 0 Å². The number of ether oxygens (including phenoxy) is 2. The average molecular weight is 386 g/mol. The van der Waals surface area contributed by atoms with E-state index >= 15 is 0 Å². The second-order valence-electron chi connectivity index (χ2n) is 6.86. The van der Waals surface area contributed by atoms with E-state index in [0.717, 1.165) is 24.3 Å². The molecule has 1 aliphatic rings. The van der Waals surface area contributed by atoms with Crippen molar-refractivity contribution in [3.63, 3.8) is 0 Å². The highest BCUT2D eigenvalue weighted by atomic mass is 19.1. The fourth-order valence-corrected chi connectivity index (χ4v) is 3.18. The molecule has 0 saturated carbocycles. The van der Waals surface area contributed by atoms with E-state index in [0.29, 0.717) is 12.1 Å². The Morgan fingerprint density at radius 1 is 0.704 bits per heavy atom. The maximum Gasteiger partial charge on any atom is 0.164 e. The summed E-state index contributed by atoms with van der Waals surface area (Å²) in [4.78, 5) is 0. The van der Waals surface area contributed by atoms with E-state index in [2.05, 4.69) is 0 Å². The van der Waals surface area contributed by atoms with Crippen molar-refractivity contribution >= 4 is 0 Å². The van der Waals surface area contributed by atoms with E-state index in [4.69, 9.17) is 9.47 Å². The van der Waals surface area contributed by atoms with Crippen LogP contribution in [0.25, 0.3) is 0 Å². The monoisotopic (exact) mass is 386 g/mol. The molecule has 8 heteroatoms. The first-order valence-corrected chi connectivity index (χ1v) is 8.19. The van der Waals surface area contributed by atoms with Crippen LogP contribution in [0.1, 0.15) is 37.2 Å². The first-order chi connectivity index (χ1) is 12.6. The molecule has 27 heavy (non-hydrogen) atoms. The third-order valence-electron chi connectivity index (χ3n) is 4.24. The van der Waals surface area contributed by atoms with Crippen molar-refractivity contribution in [3.8, 4) is 0 Å². The Morgan fingerprint density at radius 2 is 1.00 bits per heavy atom. The van der Waals surface area contributed by atoms with Gasteiger partial charge in [0.1, 0.15) is 47.7 Å². The number of hydrogen-bond donors (Lipinski definition) is 2. The minimum absolute atomic E-state index is 0.124. The lowest BCUT2D eigenvalue weighted by Crippen LogP contribution is -2.34. The zero-order valence-corrected chi connectivity index (χ0v) is 14.5. The van der Waals surface area contributed by atoms with Gasteiger partial charge in [-0.15, -0.1) is 0 Å². The summed E-state index contributed by atoms with van der Waals surface area (Å²) in [5, 5.41) is 21.2. The molecule has 0 bridgehead atoms. The number of benzene rings is 2. The molecule has 0 spiro atoms. The summed E-state index contributed by atoms with van der Waals surface area (Å²) in [6.07, 6.45) is -5.62. The van der Waals surface area contributed by atoms with E-state index in [1.807, 2.05) is 0 Å². The lowest BCUT2D eigenvalue weighted by Gasteiger charge is -2.26. The molecule has 4 atom stereocenters. The molecule has 2 aromatic rings. The lowest BCUT2D eigenvalue weighted by molar-refractivity contribution is -0.161. The SMILES string of the molecule is CC1(C)O[C@H](C(O)c2cc(F)cc(F)c2)[C@@H](C(O)c2cc(F)cc(F)c2)O1. The third kappa shape index (κ3) is 4.30. The van der Waals surface area contributed by atoms with Gasteiger partial charge in [-0.05, 0) is 49.2 Å². The maximum absolute atomic E-state index is 13.5. The molecule has 4 nitrogen and oxygen atoms in total. The Labute approximate surface area is 153 Å². The van der Waals surface area contributed by atoms with Gasteiger partial charge in [-0.25, -0.2) is 17.6 Å². The third-order valence-corrected chi connectivity index (χ3v) is 4.24. The number of hydrogen-bond acceptors (Lipinski definition) is 4. The zero-order valence-electron chi connectivity index (χ0n) is 14.5. The second kappa shape index (κ2) is 7.20. The Balaban J connectivity index is 1.94. The number of aliphatic hydroxyl groups excluding tert-OH is 2. The highest BCUT2D eigenvalue weighted by Crippen LogP contribution is 2.40. The summed E-state index contributed by atoms with van der Waals surface area (Å²) in [5.74, 6) is -4.84. The Morgan fingerprint density at radius 3 is 1.30 bits per heavy atom. The summed E-state index contributed by atoms with van der Waals surface area (Å²) >= 11 is 0. The molecule has 0 amide bonds. The van der Waals surface area contributed by atoms with Gasteiger partial charge in [0.15, 0.2) is 5.79 Å². The van der Waals surface area contributed by atoms with Gasteiger partial charge in [0.2, 0.25) is 0 Å². The molecule has 1 fully saturated rings. The molecule has 3 rings (SSSR count). The minimum Gasteiger partial charge on any atom is -0.386 e. The number of halogens is 4. The molecular formula is C19H18F4O4. The smallest absolute Gasteiger partial charge is 0.164 e. The van der Waals surface area contributed by atoms with E-state index in [1.165, 1.54) is 13.8 Å². The van der Waals surface area contributed by atoms with Gasteiger partial charge in [-0.1, -0.05) is 0 Å². The first-order valence-electron chi connectivity index (χ1n) is 8.19. The van der Waals surface area contributed by atoms with Crippen LogP contribution in [0.15, 0.2) is 36.4 Å². The van der Waals surface area contributed by atoms with E-state index in [-0.39, 0.29) is 11.1 Å². The summed E-state index contributed by atoms with van der Waals surface area (Å²) < 4.78 is 65.1.